The Bertz CT molecular complexity index is 735. The lowest BCUT2D eigenvalue weighted by molar-refractivity contribution is -0.122. The molecule has 6 heteroatoms. The monoisotopic (exact) mass is 360 g/mol. The molecule has 0 fully saturated rings. The summed E-state index contributed by atoms with van der Waals surface area (Å²) in [6.07, 6.45) is 1.61. The number of nitrogens with one attached hydrogen (secondary N) is 1. The first-order valence-corrected chi connectivity index (χ1v) is 8.70. The van der Waals surface area contributed by atoms with Gasteiger partial charge in [0, 0.05) is 19.6 Å². The Morgan fingerprint density at radius 3 is 2.58 bits per heavy atom. The van der Waals surface area contributed by atoms with Crippen molar-refractivity contribution in [2.45, 2.75) is 26.0 Å². The lowest BCUT2D eigenvalue weighted by Gasteiger charge is -2.28. The lowest BCUT2D eigenvalue weighted by Crippen LogP contribution is -2.40. The van der Waals surface area contributed by atoms with E-state index in [2.05, 4.69) is 27.1 Å². The van der Waals surface area contributed by atoms with Crippen molar-refractivity contribution in [3.05, 3.63) is 65.2 Å². The molecular weight excluding hydrogens is 338 g/mol. The van der Waals surface area contributed by atoms with E-state index in [-0.39, 0.29) is 11.7 Å². The van der Waals surface area contributed by atoms with E-state index >= 15 is 0 Å². The Morgan fingerprint density at radius 1 is 1.12 bits per heavy atom. The van der Waals surface area contributed by atoms with Crippen LogP contribution < -0.4 is 10.1 Å². The van der Waals surface area contributed by atoms with E-state index in [1.807, 2.05) is 12.1 Å². The van der Waals surface area contributed by atoms with Gasteiger partial charge in [-0.05, 0) is 41.7 Å². The van der Waals surface area contributed by atoms with Gasteiger partial charge in [-0.2, -0.15) is 8.78 Å². The summed E-state index contributed by atoms with van der Waals surface area (Å²) >= 11 is 0. The lowest BCUT2D eigenvalue weighted by atomic mass is 10.00. The van der Waals surface area contributed by atoms with Crippen molar-refractivity contribution in [2.75, 3.05) is 19.6 Å². The number of benzene rings is 2. The van der Waals surface area contributed by atoms with E-state index in [0.29, 0.717) is 19.5 Å². The van der Waals surface area contributed by atoms with E-state index in [0.717, 1.165) is 25.1 Å². The number of halogens is 2. The molecule has 1 aliphatic rings. The molecule has 0 aromatic heterocycles. The predicted molar refractivity (Wildman–Crippen MR) is 95.2 cm³/mol. The summed E-state index contributed by atoms with van der Waals surface area (Å²) in [5.74, 6) is 0.139. The Labute approximate surface area is 151 Å². The highest BCUT2D eigenvalue weighted by molar-refractivity contribution is 5.78. The zero-order valence-electron chi connectivity index (χ0n) is 14.5. The Morgan fingerprint density at radius 2 is 1.85 bits per heavy atom. The molecule has 1 heterocycles. The van der Waals surface area contributed by atoms with E-state index in [1.165, 1.54) is 23.3 Å². The van der Waals surface area contributed by atoms with Crippen LogP contribution in [0.3, 0.4) is 0 Å². The summed E-state index contributed by atoms with van der Waals surface area (Å²) < 4.78 is 28.5. The number of amides is 1. The molecule has 0 saturated heterocycles. The van der Waals surface area contributed by atoms with Crippen LogP contribution in [0.25, 0.3) is 0 Å². The number of fused-ring (bicyclic) bond motifs is 1. The summed E-state index contributed by atoms with van der Waals surface area (Å²) in [6.45, 7) is -0.235. The number of carbonyl (C=O) groups excluding carboxylic acids is 1. The van der Waals surface area contributed by atoms with Crippen LogP contribution >= 0.6 is 0 Å². The molecule has 1 aliphatic heterocycles. The van der Waals surface area contributed by atoms with Crippen molar-refractivity contribution in [3.8, 4) is 5.75 Å². The van der Waals surface area contributed by atoms with E-state index in [9.17, 15) is 13.6 Å². The normalized spacial score (nSPS) is 14.1. The molecule has 1 amide bonds. The van der Waals surface area contributed by atoms with Gasteiger partial charge >= 0.3 is 6.61 Å². The van der Waals surface area contributed by atoms with Crippen molar-refractivity contribution >= 4 is 5.91 Å². The van der Waals surface area contributed by atoms with E-state index in [4.69, 9.17) is 0 Å². The molecule has 26 heavy (non-hydrogen) atoms. The minimum atomic E-state index is -2.82. The number of alkyl halides is 2. The van der Waals surface area contributed by atoms with Gasteiger partial charge in [-0.1, -0.05) is 36.4 Å². The van der Waals surface area contributed by atoms with Gasteiger partial charge in [0.2, 0.25) is 5.91 Å². The zero-order valence-corrected chi connectivity index (χ0v) is 14.5. The third kappa shape index (κ3) is 5.26. The molecule has 0 aliphatic carbocycles. The average molecular weight is 360 g/mol. The second-order valence-corrected chi connectivity index (χ2v) is 6.35. The summed E-state index contributed by atoms with van der Waals surface area (Å²) in [7, 11) is 0. The van der Waals surface area contributed by atoms with Crippen LogP contribution in [0.2, 0.25) is 0 Å². The molecular formula is C20H22F2N2O2. The molecule has 0 saturated carbocycles. The van der Waals surface area contributed by atoms with Gasteiger partial charge in [-0.3, -0.25) is 9.69 Å². The number of ether oxygens (including phenoxy) is 1. The maximum atomic E-state index is 12.1. The van der Waals surface area contributed by atoms with E-state index < -0.39 is 6.61 Å². The van der Waals surface area contributed by atoms with Crippen molar-refractivity contribution in [2.24, 2.45) is 0 Å². The Hall–Kier alpha value is -2.47. The number of nitrogens with zero attached hydrogens (tertiary/aromatic N) is 1. The minimum absolute atomic E-state index is 0.00188. The second-order valence-electron chi connectivity index (χ2n) is 6.35. The molecule has 0 atom stereocenters. The molecule has 1 N–H and O–H groups in total. The van der Waals surface area contributed by atoms with Crippen molar-refractivity contribution < 1.29 is 18.3 Å². The molecule has 0 bridgehead atoms. The zero-order chi connectivity index (χ0) is 18.4. The van der Waals surface area contributed by atoms with E-state index in [1.54, 1.807) is 12.1 Å². The fourth-order valence-electron chi connectivity index (χ4n) is 3.13. The fraction of sp³-hybridized carbons (Fsp3) is 0.350. The van der Waals surface area contributed by atoms with Gasteiger partial charge in [0.15, 0.2) is 0 Å². The second kappa shape index (κ2) is 8.76. The van der Waals surface area contributed by atoms with Crippen LogP contribution in [0.4, 0.5) is 8.78 Å². The highest BCUT2D eigenvalue weighted by atomic mass is 19.3. The average Bonchev–Trinajstić information content (AvgIpc) is 2.62. The molecule has 3 rings (SSSR count). The van der Waals surface area contributed by atoms with Crippen LogP contribution in [0.15, 0.2) is 48.5 Å². The largest absolute Gasteiger partial charge is 0.435 e. The first-order valence-electron chi connectivity index (χ1n) is 8.70. The number of hydrogen-bond acceptors (Lipinski definition) is 3. The quantitative estimate of drug-likeness (QED) is 0.825. The third-order valence-corrected chi connectivity index (χ3v) is 4.46. The van der Waals surface area contributed by atoms with Crippen LogP contribution in [0, 0.1) is 0 Å². The van der Waals surface area contributed by atoms with Crippen LogP contribution in [0.1, 0.15) is 16.7 Å². The fourth-order valence-corrected chi connectivity index (χ4v) is 3.13. The van der Waals surface area contributed by atoms with Gasteiger partial charge in [0.05, 0.1) is 6.54 Å². The maximum absolute atomic E-state index is 12.1. The molecule has 0 unspecified atom stereocenters. The summed E-state index contributed by atoms with van der Waals surface area (Å²) in [5, 5.41) is 2.92. The predicted octanol–water partition coefficient (Wildman–Crippen LogP) is 3.01. The maximum Gasteiger partial charge on any atom is 0.387 e. The first-order chi connectivity index (χ1) is 12.6. The SMILES string of the molecule is O=C(CN1CCc2ccccc2C1)NCCc1ccc(OC(F)F)cc1. The first kappa shape index (κ1) is 18.3. The Kier molecular flexibility index (Phi) is 6.17. The van der Waals surface area contributed by atoms with Crippen LogP contribution in [-0.2, 0) is 24.2 Å². The summed E-state index contributed by atoms with van der Waals surface area (Å²) in [6, 6.07) is 14.8. The number of carbonyl (C=O) groups is 1. The molecule has 0 spiro atoms. The van der Waals surface area contributed by atoms with Crippen molar-refractivity contribution in [1.82, 2.24) is 10.2 Å². The van der Waals surface area contributed by atoms with Gasteiger partial charge in [0.25, 0.3) is 0 Å². The van der Waals surface area contributed by atoms with Crippen LogP contribution in [-0.4, -0.2) is 37.1 Å². The summed E-state index contributed by atoms with van der Waals surface area (Å²) in [5.41, 5.74) is 3.61. The molecule has 0 radical (unpaired) electrons. The molecule has 4 nitrogen and oxygen atoms in total. The van der Waals surface area contributed by atoms with Crippen molar-refractivity contribution in [1.29, 1.82) is 0 Å². The molecule has 2 aromatic rings. The molecule has 2 aromatic carbocycles. The van der Waals surface area contributed by atoms with Gasteiger partial charge < -0.3 is 10.1 Å². The smallest absolute Gasteiger partial charge is 0.387 e. The van der Waals surface area contributed by atoms with Crippen molar-refractivity contribution in [3.63, 3.8) is 0 Å². The minimum Gasteiger partial charge on any atom is -0.435 e. The standard InChI is InChI=1S/C20H22F2N2O2/c21-20(22)26-18-7-5-15(6-8-18)9-11-23-19(25)14-24-12-10-16-3-1-2-4-17(16)13-24/h1-8,20H,9-14H2,(H,23,25). The third-order valence-electron chi connectivity index (χ3n) is 4.46. The highest BCUT2D eigenvalue weighted by Gasteiger charge is 2.17. The number of rotatable bonds is 7. The van der Waals surface area contributed by atoms with Crippen LogP contribution in [0.5, 0.6) is 5.75 Å². The van der Waals surface area contributed by atoms with Gasteiger partial charge in [-0.15, -0.1) is 0 Å². The number of hydrogen-bond donors (Lipinski definition) is 1. The topological polar surface area (TPSA) is 41.6 Å². The van der Waals surface area contributed by atoms with Gasteiger partial charge in [0.1, 0.15) is 5.75 Å². The highest BCUT2D eigenvalue weighted by Crippen LogP contribution is 2.18. The Balaban J connectivity index is 1.39. The summed E-state index contributed by atoms with van der Waals surface area (Å²) in [4.78, 5) is 14.3. The molecule has 138 valence electrons. The van der Waals surface area contributed by atoms with Gasteiger partial charge in [-0.25, -0.2) is 0 Å².